The summed E-state index contributed by atoms with van der Waals surface area (Å²) in [6.45, 7) is 4.38. The van der Waals surface area contributed by atoms with Crippen LogP contribution in [-0.4, -0.2) is 89.6 Å². The van der Waals surface area contributed by atoms with E-state index in [1.54, 1.807) is 0 Å². The number of hydrogen-bond acceptors (Lipinski definition) is 9. The lowest BCUT2D eigenvalue weighted by molar-refractivity contribution is -0.305. The molecule has 1 rings (SSSR count). The number of ether oxygens (including phenoxy) is 4. The van der Waals surface area contributed by atoms with E-state index in [0.717, 1.165) is 96.3 Å². The molecule has 0 aliphatic carbocycles. The van der Waals surface area contributed by atoms with Gasteiger partial charge in [0.1, 0.15) is 30.5 Å². The minimum absolute atomic E-state index is 0.124. The van der Waals surface area contributed by atoms with Crippen molar-refractivity contribution in [3.8, 4) is 0 Å². The largest absolute Gasteiger partial charge is 0.457 e. The van der Waals surface area contributed by atoms with Crippen LogP contribution in [0.4, 0.5) is 0 Å². The molecule has 1 aliphatic heterocycles. The Hall–Kier alpha value is -2.37. The van der Waals surface area contributed by atoms with E-state index in [1.807, 2.05) is 0 Å². The van der Waals surface area contributed by atoms with Crippen molar-refractivity contribution in [3.63, 3.8) is 0 Å². The third kappa shape index (κ3) is 32.1. The van der Waals surface area contributed by atoms with E-state index in [1.165, 1.54) is 57.8 Å². The maximum Gasteiger partial charge on any atom is 0.306 e. The van der Waals surface area contributed by atoms with E-state index in [0.29, 0.717) is 13.0 Å². The van der Waals surface area contributed by atoms with E-state index in [-0.39, 0.29) is 19.2 Å². The van der Waals surface area contributed by atoms with E-state index in [4.69, 9.17) is 18.9 Å². The summed E-state index contributed by atoms with van der Waals surface area (Å²) in [6.07, 6.45) is 46.4. The molecule has 0 saturated carbocycles. The average molecular weight is 831 g/mol. The third-order valence-corrected chi connectivity index (χ3v) is 10.4. The monoisotopic (exact) mass is 831 g/mol. The molecule has 4 N–H and O–H groups in total. The summed E-state index contributed by atoms with van der Waals surface area (Å²) in [5.41, 5.74) is 0. The van der Waals surface area contributed by atoms with Gasteiger partial charge < -0.3 is 39.4 Å². The number of carbonyl (C=O) groups is 1. The van der Waals surface area contributed by atoms with Crippen molar-refractivity contribution in [2.24, 2.45) is 0 Å². The zero-order valence-electron chi connectivity index (χ0n) is 37.2. The Bertz CT molecular complexity index is 1130. The Morgan fingerprint density at radius 2 is 1.03 bits per heavy atom. The summed E-state index contributed by atoms with van der Waals surface area (Å²) in [5, 5.41) is 40.1. The van der Waals surface area contributed by atoms with Crippen molar-refractivity contribution >= 4 is 5.97 Å². The van der Waals surface area contributed by atoms with Gasteiger partial charge in [0, 0.05) is 13.0 Å². The van der Waals surface area contributed by atoms with Crippen LogP contribution in [0.2, 0.25) is 0 Å². The highest BCUT2D eigenvalue weighted by Gasteiger charge is 2.44. The Morgan fingerprint density at radius 3 is 1.58 bits per heavy atom. The smallest absolute Gasteiger partial charge is 0.306 e. The van der Waals surface area contributed by atoms with Crippen LogP contribution in [0.5, 0.6) is 0 Å². The molecule has 0 spiro atoms. The average Bonchev–Trinajstić information content (AvgIpc) is 3.24. The van der Waals surface area contributed by atoms with Gasteiger partial charge in [-0.25, -0.2) is 0 Å². The van der Waals surface area contributed by atoms with E-state index in [2.05, 4.69) is 86.8 Å². The highest BCUT2D eigenvalue weighted by atomic mass is 16.7. The molecule has 0 bridgehead atoms. The molecule has 0 aromatic rings. The van der Waals surface area contributed by atoms with Gasteiger partial charge >= 0.3 is 5.97 Å². The molecule has 59 heavy (non-hydrogen) atoms. The van der Waals surface area contributed by atoms with Crippen LogP contribution in [0.15, 0.2) is 72.9 Å². The Morgan fingerprint density at radius 1 is 0.559 bits per heavy atom. The predicted octanol–water partition coefficient (Wildman–Crippen LogP) is 10.9. The van der Waals surface area contributed by atoms with E-state index >= 15 is 0 Å². The molecule has 6 atom stereocenters. The topological polar surface area (TPSA) is 135 Å². The fourth-order valence-corrected chi connectivity index (χ4v) is 6.69. The minimum atomic E-state index is -1.54. The number of rotatable bonds is 39. The van der Waals surface area contributed by atoms with E-state index < -0.39 is 43.4 Å². The standard InChI is InChI=1S/C50H86O9/c1-3-5-7-9-11-13-15-17-18-19-20-21-22-23-24-25-26-27-28-30-32-34-36-38-40-56-42-44(43-57-50-49(55)48(54)47(53)45(41-51)59-50)58-46(52)39-37-35-33-31-29-16-14-12-10-8-6-4-2/h5,7,11-14,17-18,20-21,23-24,44-45,47-51,53-55H,3-4,6,8-10,15-16,19,22,25-43H2,1-2H3/b7-5-,13-11-,14-12-,18-17-,21-20-,24-23-. The van der Waals surface area contributed by atoms with Crippen LogP contribution in [0, 0.1) is 0 Å². The second kappa shape index (κ2) is 41.0. The molecule has 0 amide bonds. The van der Waals surface area contributed by atoms with Gasteiger partial charge in [0.05, 0.1) is 19.8 Å². The zero-order chi connectivity index (χ0) is 42.9. The van der Waals surface area contributed by atoms with Crippen molar-refractivity contribution < 1.29 is 44.2 Å². The number of aliphatic hydroxyl groups excluding tert-OH is 4. The quantitative estimate of drug-likeness (QED) is 0.0271. The van der Waals surface area contributed by atoms with Gasteiger partial charge in [-0.2, -0.15) is 0 Å². The molecule has 0 radical (unpaired) electrons. The molecule has 0 aromatic heterocycles. The summed E-state index contributed by atoms with van der Waals surface area (Å²) in [5.74, 6) is -0.330. The number of unbranched alkanes of at least 4 members (excludes halogenated alkanes) is 16. The molecule has 9 nitrogen and oxygen atoms in total. The van der Waals surface area contributed by atoms with Crippen LogP contribution in [-0.2, 0) is 23.7 Å². The number of esters is 1. The fourth-order valence-electron chi connectivity index (χ4n) is 6.69. The first kappa shape index (κ1) is 54.6. The predicted molar refractivity (Wildman–Crippen MR) is 242 cm³/mol. The lowest BCUT2D eigenvalue weighted by atomic mass is 9.99. The first-order chi connectivity index (χ1) is 28.9. The molecule has 9 heteroatoms. The summed E-state index contributed by atoms with van der Waals surface area (Å²) in [4.78, 5) is 12.8. The molecular weight excluding hydrogens is 745 g/mol. The van der Waals surface area contributed by atoms with Gasteiger partial charge in [-0.05, 0) is 83.5 Å². The van der Waals surface area contributed by atoms with Crippen molar-refractivity contribution in [2.45, 2.75) is 211 Å². The first-order valence-electron chi connectivity index (χ1n) is 23.5. The van der Waals surface area contributed by atoms with Gasteiger partial charge in [-0.15, -0.1) is 0 Å². The highest BCUT2D eigenvalue weighted by Crippen LogP contribution is 2.22. The molecule has 1 saturated heterocycles. The third-order valence-electron chi connectivity index (χ3n) is 10.4. The van der Waals surface area contributed by atoms with Crippen molar-refractivity contribution in [1.29, 1.82) is 0 Å². The molecule has 6 unspecified atom stereocenters. The molecule has 340 valence electrons. The SMILES string of the molecule is CC/C=C\C/C=C\C/C=C\C/C=C\C/C=C\CCCCCCCCCCOCC(COC1OC(CO)C(O)C(O)C1O)OC(=O)CCCCCCC/C=C\CCCCC. The summed E-state index contributed by atoms with van der Waals surface area (Å²) < 4.78 is 22.8. The van der Waals surface area contributed by atoms with Crippen LogP contribution < -0.4 is 0 Å². The number of aliphatic hydroxyl groups is 4. The number of hydrogen-bond donors (Lipinski definition) is 4. The van der Waals surface area contributed by atoms with E-state index in [9.17, 15) is 25.2 Å². The van der Waals surface area contributed by atoms with Crippen LogP contribution in [0.3, 0.4) is 0 Å². The minimum Gasteiger partial charge on any atom is -0.457 e. The van der Waals surface area contributed by atoms with Gasteiger partial charge in [-0.3, -0.25) is 4.79 Å². The fraction of sp³-hybridized carbons (Fsp3) is 0.740. The zero-order valence-corrected chi connectivity index (χ0v) is 37.2. The number of allylic oxidation sites excluding steroid dienone is 12. The Balaban J connectivity index is 2.22. The molecule has 1 aliphatic rings. The van der Waals surface area contributed by atoms with Crippen LogP contribution in [0.1, 0.15) is 174 Å². The Labute approximate surface area is 359 Å². The van der Waals surface area contributed by atoms with Crippen molar-refractivity contribution in [1.82, 2.24) is 0 Å². The summed E-state index contributed by atoms with van der Waals surface area (Å²) in [7, 11) is 0. The van der Waals surface area contributed by atoms with Crippen LogP contribution >= 0.6 is 0 Å². The van der Waals surface area contributed by atoms with Gasteiger partial charge in [0.15, 0.2) is 6.29 Å². The summed E-state index contributed by atoms with van der Waals surface area (Å²) >= 11 is 0. The lowest BCUT2D eigenvalue weighted by Crippen LogP contribution is -2.59. The van der Waals surface area contributed by atoms with Gasteiger partial charge in [-0.1, -0.05) is 157 Å². The molecule has 0 aromatic carbocycles. The maximum absolute atomic E-state index is 12.8. The second-order valence-electron chi connectivity index (χ2n) is 15.8. The molecular formula is C50H86O9. The molecule has 1 fully saturated rings. The van der Waals surface area contributed by atoms with Crippen molar-refractivity contribution in [3.05, 3.63) is 72.9 Å². The van der Waals surface area contributed by atoms with Crippen LogP contribution in [0.25, 0.3) is 0 Å². The normalized spacial score (nSPS) is 20.8. The molecule has 1 heterocycles. The number of carbonyl (C=O) groups excluding carboxylic acids is 1. The lowest BCUT2D eigenvalue weighted by Gasteiger charge is -2.39. The van der Waals surface area contributed by atoms with Gasteiger partial charge in [0.25, 0.3) is 0 Å². The van der Waals surface area contributed by atoms with Gasteiger partial charge in [0.2, 0.25) is 0 Å². The maximum atomic E-state index is 12.8. The first-order valence-corrected chi connectivity index (χ1v) is 23.5. The Kier molecular flexibility index (Phi) is 38.0. The second-order valence-corrected chi connectivity index (χ2v) is 15.8. The van der Waals surface area contributed by atoms with Crippen molar-refractivity contribution in [2.75, 3.05) is 26.4 Å². The highest BCUT2D eigenvalue weighted by molar-refractivity contribution is 5.69. The summed E-state index contributed by atoms with van der Waals surface area (Å²) in [6, 6.07) is 0.